The molecule has 0 bridgehead atoms. The molecule has 0 aliphatic rings. The Morgan fingerprint density at radius 3 is 2.38 bits per heavy atom. The van der Waals surface area contributed by atoms with Crippen LogP contribution < -0.4 is 10.1 Å². The molecule has 0 saturated carbocycles. The normalized spacial score (nSPS) is 11.8. The van der Waals surface area contributed by atoms with Crippen LogP contribution in [0.3, 0.4) is 0 Å². The van der Waals surface area contributed by atoms with E-state index in [1.165, 1.54) is 43.3 Å². The number of amides is 1. The Bertz CT molecular complexity index is 647. The molecule has 0 heterocycles. The topological polar surface area (TPSA) is 38.3 Å². The third-order valence-corrected chi connectivity index (χ3v) is 3.00. The van der Waals surface area contributed by atoms with Crippen molar-refractivity contribution < 1.29 is 18.3 Å². The van der Waals surface area contributed by atoms with Crippen molar-refractivity contribution in [2.45, 2.75) is 13.0 Å². The van der Waals surface area contributed by atoms with Gasteiger partial charge in [0.2, 0.25) is 0 Å². The first-order valence-corrected chi connectivity index (χ1v) is 6.51. The van der Waals surface area contributed by atoms with E-state index in [-0.39, 0.29) is 10.7 Å². The van der Waals surface area contributed by atoms with Gasteiger partial charge < -0.3 is 10.1 Å². The summed E-state index contributed by atoms with van der Waals surface area (Å²) in [5.74, 6) is -0.969. The third kappa shape index (κ3) is 4.16. The minimum absolute atomic E-state index is 0.0948. The van der Waals surface area contributed by atoms with E-state index >= 15 is 0 Å². The molecule has 0 aliphatic carbocycles. The fourth-order valence-corrected chi connectivity index (χ4v) is 1.81. The van der Waals surface area contributed by atoms with Gasteiger partial charge >= 0.3 is 0 Å². The average molecular weight is 312 g/mol. The lowest BCUT2D eigenvalue weighted by Crippen LogP contribution is -2.30. The monoisotopic (exact) mass is 311 g/mol. The van der Waals surface area contributed by atoms with Gasteiger partial charge in [0.15, 0.2) is 6.10 Å². The Hall–Kier alpha value is -2.14. The van der Waals surface area contributed by atoms with E-state index in [1.54, 1.807) is 0 Å². The second-order valence-electron chi connectivity index (χ2n) is 4.33. The molecule has 0 saturated heterocycles. The minimum Gasteiger partial charge on any atom is -0.481 e. The average Bonchev–Trinajstić information content (AvgIpc) is 2.44. The van der Waals surface area contributed by atoms with Gasteiger partial charge in [-0.25, -0.2) is 8.78 Å². The molecule has 0 radical (unpaired) electrons. The van der Waals surface area contributed by atoms with Crippen LogP contribution in [0.25, 0.3) is 0 Å². The van der Waals surface area contributed by atoms with Crippen molar-refractivity contribution in [1.82, 2.24) is 0 Å². The molecule has 0 fully saturated rings. The van der Waals surface area contributed by atoms with E-state index in [0.29, 0.717) is 5.75 Å². The lowest BCUT2D eigenvalue weighted by Gasteiger charge is -2.15. The van der Waals surface area contributed by atoms with Crippen molar-refractivity contribution in [1.29, 1.82) is 0 Å². The highest BCUT2D eigenvalue weighted by Crippen LogP contribution is 2.23. The lowest BCUT2D eigenvalue weighted by atomic mass is 10.3. The van der Waals surface area contributed by atoms with Crippen LogP contribution in [0.5, 0.6) is 5.75 Å². The summed E-state index contributed by atoms with van der Waals surface area (Å²) in [5, 5.41) is 2.63. The number of nitrogens with one attached hydrogen (secondary N) is 1. The van der Waals surface area contributed by atoms with Gasteiger partial charge in [0.25, 0.3) is 5.91 Å². The fourth-order valence-electron chi connectivity index (χ4n) is 1.60. The second-order valence-corrected chi connectivity index (χ2v) is 4.73. The number of benzene rings is 2. The summed E-state index contributed by atoms with van der Waals surface area (Å²) in [5.41, 5.74) is 0.289. The van der Waals surface area contributed by atoms with Crippen LogP contribution in [0.2, 0.25) is 5.02 Å². The van der Waals surface area contributed by atoms with Crippen LogP contribution in [0.4, 0.5) is 14.5 Å². The molecule has 1 N–H and O–H groups in total. The standard InChI is InChI=1S/C15H12ClF2NO2/c1-9(21-12-5-2-10(17)3-6-12)15(20)19-14-7-4-11(18)8-13(14)16/h2-9H,1H3,(H,19,20)/t9-/m1/s1. The summed E-state index contributed by atoms with van der Waals surface area (Å²) in [4.78, 5) is 12.0. The van der Waals surface area contributed by atoms with Gasteiger partial charge in [0.1, 0.15) is 17.4 Å². The molecular weight excluding hydrogens is 300 g/mol. The molecule has 1 amide bonds. The van der Waals surface area contributed by atoms with Crippen molar-refractivity contribution in [3.63, 3.8) is 0 Å². The Labute approximate surface area is 125 Å². The Balaban J connectivity index is 2.00. The molecular formula is C15H12ClF2NO2. The van der Waals surface area contributed by atoms with Crippen LogP contribution in [0.1, 0.15) is 6.92 Å². The number of halogens is 3. The molecule has 2 aromatic rings. The van der Waals surface area contributed by atoms with Gasteiger partial charge in [-0.1, -0.05) is 11.6 Å². The highest BCUT2D eigenvalue weighted by Gasteiger charge is 2.16. The van der Waals surface area contributed by atoms with Gasteiger partial charge in [-0.3, -0.25) is 4.79 Å². The Morgan fingerprint density at radius 2 is 1.76 bits per heavy atom. The zero-order chi connectivity index (χ0) is 15.4. The summed E-state index contributed by atoms with van der Waals surface area (Å²) in [6, 6.07) is 8.96. The van der Waals surface area contributed by atoms with Crippen molar-refractivity contribution in [3.05, 3.63) is 59.1 Å². The summed E-state index contributed by atoms with van der Waals surface area (Å²) in [7, 11) is 0. The number of carbonyl (C=O) groups excluding carboxylic acids is 1. The minimum atomic E-state index is -0.823. The molecule has 1 atom stereocenters. The Kier molecular flexibility index (Phi) is 4.75. The Morgan fingerprint density at radius 1 is 1.14 bits per heavy atom. The first-order chi connectivity index (χ1) is 9.95. The predicted molar refractivity (Wildman–Crippen MR) is 76.5 cm³/mol. The van der Waals surface area contributed by atoms with Crippen molar-refractivity contribution >= 4 is 23.2 Å². The van der Waals surface area contributed by atoms with Gasteiger partial charge in [0, 0.05) is 0 Å². The highest BCUT2D eigenvalue weighted by molar-refractivity contribution is 6.33. The van der Waals surface area contributed by atoms with E-state index < -0.39 is 23.6 Å². The first-order valence-electron chi connectivity index (χ1n) is 6.14. The first kappa shape index (κ1) is 15.3. The molecule has 0 unspecified atom stereocenters. The van der Waals surface area contributed by atoms with Crippen molar-refractivity contribution in [2.24, 2.45) is 0 Å². The molecule has 0 aromatic heterocycles. The van der Waals surface area contributed by atoms with E-state index in [1.807, 2.05) is 0 Å². The molecule has 0 spiro atoms. The van der Waals surface area contributed by atoms with E-state index in [2.05, 4.69) is 5.32 Å². The van der Waals surface area contributed by atoms with Gasteiger partial charge in [-0.15, -0.1) is 0 Å². The largest absolute Gasteiger partial charge is 0.481 e. The maximum atomic E-state index is 12.9. The van der Waals surface area contributed by atoms with E-state index in [9.17, 15) is 13.6 Å². The fraction of sp³-hybridized carbons (Fsp3) is 0.133. The third-order valence-electron chi connectivity index (χ3n) is 2.68. The molecule has 110 valence electrons. The summed E-state index contributed by atoms with van der Waals surface area (Å²) < 4.78 is 31.0. The maximum Gasteiger partial charge on any atom is 0.265 e. The second kappa shape index (κ2) is 6.54. The van der Waals surface area contributed by atoms with Crippen LogP contribution in [0, 0.1) is 11.6 Å². The number of hydrogen-bond donors (Lipinski definition) is 1. The highest BCUT2D eigenvalue weighted by atomic mass is 35.5. The van der Waals surface area contributed by atoms with Crippen LogP contribution >= 0.6 is 11.6 Å². The molecule has 21 heavy (non-hydrogen) atoms. The molecule has 6 heteroatoms. The SMILES string of the molecule is C[C@@H](Oc1ccc(F)cc1)C(=O)Nc1ccc(F)cc1Cl. The van der Waals surface area contributed by atoms with Crippen LogP contribution in [0.15, 0.2) is 42.5 Å². The van der Waals surface area contributed by atoms with Crippen LogP contribution in [-0.4, -0.2) is 12.0 Å². The summed E-state index contributed by atoms with van der Waals surface area (Å²) in [6.07, 6.45) is -0.823. The van der Waals surface area contributed by atoms with E-state index in [0.717, 1.165) is 6.07 Å². The number of anilines is 1. The molecule has 2 aromatic carbocycles. The molecule has 3 nitrogen and oxygen atoms in total. The summed E-state index contributed by atoms with van der Waals surface area (Å²) in [6.45, 7) is 1.54. The van der Waals surface area contributed by atoms with Crippen molar-refractivity contribution in [2.75, 3.05) is 5.32 Å². The predicted octanol–water partition coefficient (Wildman–Crippen LogP) is 4.02. The van der Waals surface area contributed by atoms with E-state index in [4.69, 9.17) is 16.3 Å². The van der Waals surface area contributed by atoms with Gasteiger partial charge in [-0.2, -0.15) is 0 Å². The molecule has 0 aliphatic heterocycles. The number of hydrogen-bond acceptors (Lipinski definition) is 2. The van der Waals surface area contributed by atoms with Gasteiger partial charge in [-0.05, 0) is 49.4 Å². The zero-order valence-corrected chi connectivity index (χ0v) is 11.8. The quantitative estimate of drug-likeness (QED) is 0.926. The number of rotatable bonds is 4. The lowest BCUT2D eigenvalue weighted by molar-refractivity contribution is -0.122. The number of carbonyl (C=O) groups is 1. The summed E-state index contributed by atoms with van der Waals surface area (Å²) >= 11 is 5.82. The number of ether oxygens (including phenoxy) is 1. The zero-order valence-electron chi connectivity index (χ0n) is 11.1. The van der Waals surface area contributed by atoms with Gasteiger partial charge in [0.05, 0.1) is 10.7 Å². The maximum absolute atomic E-state index is 12.9. The smallest absolute Gasteiger partial charge is 0.265 e. The van der Waals surface area contributed by atoms with Crippen molar-refractivity contribution in [3.8, 4) is 5.75 Å². The molecule has 2 rings (SSSR count). The van der Waals surface area contributed by atoms with Crippen LogP contribution in [-0.2, 0) is 4.79 Å².